The lowest BCUT2D eigenvalue weighted by molar-refractivity contribution is 0.436. The van der Waals surface area contributed by atoms with Crippen LogP contribution < -0.4 is 9.64 Å². The lowest BCUT2D eigenvalue weighted by Gasteiger charge is -2.41. The van der Waals surface area contributed by atoms with Crippen LogP contribution in [0.3, 0.4) is 0 Å². The predicted molar refractivity (Wildman–Crippen MR) is 265 cm³/mol. The Kier molecular flexibility index (Phi) is 7.79. The number of nitrogens with zero attached hydrogens (tertiary/aromatic N) is 1. The number of ether oxygens (including phenoxy) is 1. The average molecular weight is 846 g/mol. The van der Waals surface area contributed by atoms with Crippen molar-refractivity contribution < 1.29 is 4.74 Å². The Morgan fingerprint density at radius 1 is 0.292 bits per heavy atom. The van der Waals surface area contributed by atoms with Gasteiger partial charge in [-0.1, -0.05) is 188 Å². The van der Waals surface area contributed by atoms with Gasteiger partial charge in [-0.3, -0.25) is 0 Å². The second-order valence-corrected chi connectivity index (χ2v) is 18.6. The van der Waals surface area contributed by atoms with Crippen molar-refractivity contribution in [3.8, 4) is 44.9 Å². The van der Waals surface area contributed by atoms with Crippen LogP contribution in [0, 0.1) is 0 Å². The van der Waals surface area contributed by atoms with E-state index >= 15 is 0 Å². The fourth-order valence-corrected chi connectivity index (χ4v) is 13.0. The molecule has 2 heterocycles. The van der Waals surface area contributed by atoms with Crippen LogP contribution in [-0.4, -0.2) is 0 Å². The van der Waals surface area contributed by atoms with Crippen molar-refractivity contribution in [2.24, 2.45) is 0 Å². The van der Waals surface area contributed by atoms with E-state index < -0.39 is 10.8 Å². The molecule has 2 nitrogen and oxygen atoms in total. The molecule has 2 spiro atoms. The molecule has 0 bridgehead atoms. The second-order valence-electron chi connectivity index (χ2n) is 17.5. The number of benzene rings is 10. The first-order chi connectivity index (χ1) is 32.2. The summed E-state index contributed by atoms with van der Waals surface area (Å²) in [5.74, 6) is 1.78. The highest BCUT2D eigenvalue weighted by atomic mass is 32.2. The Hall–Kier alpha value is -7.85. The van der Waals surface area contributed by atoms with Gasteiger partial charge >= 0.3 is 0 Å². The molecule has 10 aromatic rings. The van der Waals surface area contributed by atoms with Crippen LogP contribution in [0.25, 0.3) is 33.4 Å². The van der Waals surface area contributed by atoms with Crippen molar-refractivity contribution in [3.05, 3.63) is 281 Å². The summed E-state index contributed by atoms with van der Waals surface area (Å²) >= 11 is 1.88. The molecule has 0 saturated heterocycles. The third-order valence-electron chi connectivity index (χ3n) is 14.4. The number of rotatable bonds is 4. The molecule has 14 rings (SSSR count). The number of anilines is 3. The van der Waals surface area contributed by atoms with Gasteiger partial charge in [-0.05, 0) is 127 Å². The third-order valence-corrected chi connectivity index (χ3v) is 15.6. The third kappa shape index (κ3) is 4.96. The minimum absolute atomic E-state index is 0.498. The monoisotopic (exact) mass is 845 g/mol. The molecular formula is C62H39NOS. The van der Waals surface area contributed by atoms with Crippen LogP contribution in [-0.2, 0) is 10.8 Å². The molecule has 2 aliphatic carbocycles. The van der Waals surface area contributed by atoms with Crippen molar-refractivity contribution in [2.45, 2.75) is 20.6 Å². The first-order valence-electron chi connectivity index (χ1n) is 22.4. The first-order valence-corrected chi connectivity index (χ1v) is 23.2. The van der Waals surface area contributed by atoms with Gasteiger partial charge < -0.3 is 9.64 Å². The van der Waals surface area contributed by atoms with Gasteiger partial charge in [0.05, 0.1) is 10.8 Å². The summed E-state index contributed by atoms with van der Waals surface area (Å²) in [6.45, 7) is 0. The minimum atomic E-state index is -0.590. The zero-order chi connectivity index (χ0) is 42.7. The maximum atomic E-state index is 6.72. The fraction of sp³-hybridized carbons (Fsp3) is 0.0323. The summed E-state index contributed by atoms with van der Waals surface area (Å²) in [6.07, 6.45) is 0. The van der Waals surface area contributed by atoms with Gasteiger partial charge in [0.25, 0.3) is 0 Å². The Morgan fingerprint density at radius 2 is 0.708 bits per heavy atom. The molecule has 0 fully saturated rings. The highest BCUT2D eigenvalue weighted by Crippen LogP contribution is 2.65. The quantitative estimate of drug-likeness (QED) is 0.175. The Labute approximate surface area is 383 Å². The van der Waals surface area contributed by atoms with Crippen LogP contribution in [0.15, 0.2) is 246 Å². The molecule has 0 unspecified atom stereocenters. The summed E-state index contributed by atoms with van der Waals surface area (Å²) in [4.78, 5) is 5.06. The lowest BCUT2D eigenvalue weighted by atomic mass is 9.66. The predicted octanol–water partition coefficient (Wildman–Crippen LogP) is 16.1. The van der Waals surface area contributed by atoms with E-state index in [-0.39, 0.29) is 0 Å². The average Bonchev–Trinajstić information content (AvgIpc) is 3.83. The second kappa shape index (κ2) is 13.8. The number of hydrogen-bond donors (Lipinski definition) is 0. The van der Waals surface area contributed by atoms with E-state index in [1.54, 1.807) is 0 Å². The molecule has 4 aliphatic rings. The van der Waals surface area contributed by atoms with Crippen molar-refractivity contribution in [3.63, 3.8) is 0 Å². The van der Waals surface area contributed by atoms with Crippen molar-refractivity contribution in [2.75, 3.05) is 4.90 Å². The maximum absolute atomic E-state index is 6.72. The zero-order valence-corrected chi connectivity index (χ0v) is 36.1. The number of hydrogen-bond acceptors (Lipinski definition) is 3. The molecule has 0 saturated carbocycles. The van der Waals surface area contributed by atoms with E-state index in [2.05, 4.69) is 241 Å². The number of para-hydroxylation sites is 2. The molecule has 0 radical (unpaired) electrons. The van der Waals surface area contributed by atoms with Gasteiger partial charge in [-0.25, -0.2) is 0 Å². The van der Waals surface area contributed by atoms with Crippen molar-refractivity contribution in [1.29, 1.82) is 0 Å². The van der Waals surface area contributed by atoms with Crippen LogP contribution in [0.4, 0.5) is 17.1 Å². The Balaban J connectivity index is 1.04. The molecule has 304 valence electrons. The van der Waals surface area contributed by atoms with Gasteiger partial charge in [-0.2, -0.15) is 0 Å². The van der Waals surface area contributed by atoms with Gasteiger partial charge in [0, 0.05) is 38.0 Å². The molecule has 0 N–H and O–H groups in total. The van der Waals surface area contributed by atoms with E-state index in [0.717, 1.165) is 39.7 Å². The summed E-state index contributed by atoms with van der Waals surface area (Å²) in [6, 6.07) is 87.6. The van der Waals surface area contributed by atoms with Gasteiger partial charge in [0.2, 0.25) is 0 Å². The Bertz CT molecular complexity index is 3480. The Morgan fingerprint density at radius 3 is 1.32 bits per heavy atom. The zero-order valence-electron chi connectivity index (χ0n) is 35.3. The summed E-state index contributed by atoms with van der Waals surface area (Å²) in [7, 11) is 0. The van der Waals surface area contributed by atoms with Crippen LogP contribution in [0.2, 0.25) is 0 Å². The summed E-state index contributed by atoms with van der Waals surface area (Å²) in [5, 5.41) is 0. The summed E-state index contributed by atoms with van der Waals surface area (Å²) in [5.41, 5.74) is 19.8. The maximum Gasteiger partial charge on any atom is 0.132 e. The lowest BCUT2D eigenvalue weighted by Crippen LogP contribution is -2.32. The molecule has 0 amide bonds. The first kappa shape index (κ1) is 36.6. The van der Waals surface area contributed by atoms with Crippen molar-refractivity contribution in [1.82, 2.24) is 0 Å². The van der Waals surface area contributed by atoms with E-state index in [1.807, 2.05) is 11.8 Å². The van der Waals surface area contributed by atoms with Crippen LogP contribution in [0.5, 0.6) is 11.5 Å². The fourth-order valence-electron chi connectivity index (χ4n) is 11.8. The number of fused-ring (bicyclic) bond motifs is 18. The van der Waals surface area contributed by atoms with Crippen LogP contribution >= 0.6 is 11.8 Å². The van der Waals surface area contributed by atoms with Crippen LogP contribution in [0.1, 0.15) is 44.5 Å². The normalized spacial score (nSPS) is 14.5. The summed E-state index contributed by atoms with van der Waals surface area (Å²) < 4.78 is 6.72. The SMILES string of the molecule is c1ccc(-c2ccc(N(c3ccc4c(c3)C3(c5ccccc5S4)c4ccccc4-c4ccccc43)c3ccc4c(c3)C3(c5ccccc5Oc5ccccc53)c3ccccc3-4)cc2)cc1. The topological polar surface area (TPSA) is 12.5 Å². The van der Waals surface area contributed by atoms with E-state index in [4.69, 9.17) is 4.74 Å². The molecule has 65 heavy (non-hydrogen) atoms. The van der Waals surface area contributed by atoms with E-state index in [9.17, 15) is 0 Å². The molecule has 3 heteroatoms. The van der Waals surface area contributed by atoms with Gasteiger partial charge in [-0.15, -0.1) is 0 Å². The molecular weight excluding hydrogens is 807 g/mol. The molecule has 0 aromatic heterocycles. The van der Waals surface area contributed by atoms with Gasteiger partial charge in [0.15, 0.2) is 0 Å². The highest BCUT2D eigenvalue weighted by molar-refractivity contribution is 7.99. The molecule has 2 aliphatic heterocycles. The smallest absolute Gasteiger partial charge is 0.132 e. The molecule has 0 atom stereocenters. The highest BCUT2D eigenvalue weighted by Gasteiger charge is 2.52. The van der Waals surface area contributed by atoms with Gasteiger partial charge in [0.1, 0.15) is 11.5 Å². The molecule has 10 aromatic carbocycles. The minimum Gasteiger partial charge on any atom is -0.457 e. The van der Waals surface area contributed by atoms with E-state index in [1.165, 1.54) is 76.6 Å². The largest absolute Gasteiger partial charge is 0.457 e. The standard InChI is InChI=1S/C62H39NOS/c1-2-16-40(17-3-1)41-30-32-42(33-31-41)63(43-34-36-48-47-20-6-9-23-51(47)62(55(48)38-43)52-24-10-13-27-57(52)64-58-28-14-11-25-53(58)62)44-35-37-60-56(39-44)61(54-26-12-15-29-59(54)65-60)49-21-7-4-18-45(49)46-19-5-8-22-50(46)61/h1-39H. The van der Waals surface area contributed by atoms with Crippen molar-refractivity contribution >= 4 is 28.8 Å². The van der Waals surface area contributed by atoms with E-state index in [0.29, 0.717) is 0 Å².